The molecule has 1 unspecified atom stereocenters. The van der Waals surface area contributed by atoms with Crippen molar-refractivity contribution in [3.05, 3.63) is 47.3 Å². The summed E-state index contributed by atoms with van der Waals surface area (Å²) in [4.78, 5) is 12.3. The van der Waals surface area contributed by atoms with Gasteiger partial charge in [-0.25, -0.2) is 4.79 Å². The third-order valence-electron chi connectivity index (χ3n) is 4.98. The number of nitrogens with one attached hydrogen (secondary N) is 2. The van der Waals surface area contributed by atoms with Gasteiger partial charge in [-0.2, -0.15) is 5.10 Å². The fourth-order valence-corrected chi connectivity index (χ4v) is 3.39. The van der Waals surface area contributed by atoms with Gasteiger partial charge in [-0.05, 0) is 32.8 Å². The number of urea groups is 1. The first kappa shape index (κ1) is 17.3. The van der Waals surface area contributed by atoms with E-state index >= 15 is 0 Å². The van der Waals surface area contributed by atoms with Crippen LogP contribution in [-0.2, 0) is 12.5 Å². The molecule has 1 saturated carbocycles. The lowest BCUT2D eigenvalue weighted by molar-refractivity contribution is 0.236. The molecule has 6 nitrogen and oxygen atoms in total. The molecule has 2 aromatic rings. The number of ether oxygens (including phenoxy) is 1. The lowest BCUT2D eigenvalue weighted by Gasteiger charge is -2.20. The van der Waals surface area contributed by atoms with Crippen LogP contribution < -0.4 is 15.4 Å². The first-order valence-electron chi connectivity index (χ1n) is 8.63. The summed E-state index contributed by atoms with van der Waals surface area (Å²) in [6, 6.07) is 7.81. The zero-order valence-electron chi connectivity index (χ0n) is 15.3. The number of amides is 2. The van der Waals surface area contributed by atoms with Crippen molar-refractivity contribution in [1.29, 1.82) is 0 Å². The van der Waals surface area contributed by atoms with Crippen LogP contribution in [0.4, 0.5) is 4.79 Å². The molecule has 0 radical (unpaired) electrons. The molecular weight excluding hydrogens is 316 g/mol. The molecule has 2 amide bonds. The number of rotatable bonds is 6. The standard InChI is InChI=1S/C19H26N4O2/c1-13(15-11-23(3)22-14(15)2)21-18(24)20-12-19(9-10-19)16-7-5-6-8-17(16)25-4/h5-8,11,13H,9-10,12H2,1-4H3,(H2,20,21,24). The van der Waals surface area contributed by atoms with E-state index in [1.54, 1.807) is 11.8 Å². The molecule has 1 heterocycles. The number of carbonyl (C=O) groups is 1. The van der Waals surface area contributed by atoms with E-state index in [0.717, 1.165) is 29.8 Å². The smallest absolute Gasteiger partial charge is 0.315 e. The summed E-state index contributed by atoms with van der Waals surface area (Å²) in [6.45, 7) is 4.53. The minimum atomic E-state index is -0.156. The van der Waals surface area contributed by atoms with Gasteiger partial charge in [0.25, 0.3) is 0 Å². The van der Waals surface area contributed by atoms with Crippen molar-refractivity contribution >= 4 is 6.03 Å². The Morgan fingerprint density at radius 2 is 2.12 bits per heavy atom. The van der Waals surface area contributed by atoms with E-state index in [1.165, 1.54) is 5.56 Å². The summed E-state index contributed by atoms with van der Waals surface area (Å²) in [6.07, 6.45) is 4.06. The van der Waals surface area contributed by atoms with E-state index < -0.39 is 0 Å². The molecule has 0 saturated heterocycles. The van der Waals surface area contributed by atoms with Crippen LogP contribution in [0.1, 0.15) is 42.6 Å². The Morgan fingerprint density at radius 3 is 2.72 bits per heavy atom. The van der Waals surface area contributed by atoms with Crippen molar-refractivity contribution in [3.8, 4) is 5.75 Å². The van der Waals surface area contributed by atoms with Crippen molar-refractivity contribution < 1.29 is 9.53 Å². The highest BCUT2D eigenvalue weighted by atomic mass is 16.5. The molecule has 2 N–H and O–H groups in total. The molecule has 134 valence electrons. The van der Waals surface area contributed by atoms with Gasteiger partial charge in [-0.3, -0.25) is 4.68 Å². The van der Waals surface area contributed by atoms with Crippen molar-refractivity contribution in [3.63, 3.8) is 0 Å². The molecule has 1 aromatic heterocycles. The molecule has 1 fully saturated rings. The average molecular weight is 342 g/mol. The Hall–Kier alpha value is -2.50. The number of hydrogen-bond donors (Lipinski definition) is 2. The molecular formula is C19H26N4O2. The predicted octanol–water partition coefficient (Wildman–Crippen LogP) is 2.83. The molecule has 1 aromatic carbocycles. The Labute approximate surface area is 148 Å². The number of nitrogens with zero attached hydrogens (tertiary/aromatic N) is 2. The number of carbonyl (C=O) groups excluding carboxylic acids is 1. The summed E-state index contributed by atoms with van der Waals surface area (Å²) in [5, 5.41) is 10.3. The third kappa shape index (κ3) is 3.62. The van der Waals surface area contributed by atoms with E-state index in [-0.39, 0.29) is 17.5 Å². The van der Waals surface area contributed by atoms with E-state index in [4.69, 9.17) is 4.74 Å². The highest BCUT2D eigenvalue weighted by Gasteiger charge is 2.46. The lowest BCUT2D eigenvalue weighted by Crippen LogP contribution is -2.41. The quantitative estimate of drug-likeness (QED) is 0.848. The molecule has 0 spiro atoms. The van der Waals surface area contributed by atoms with E-state index in [2.05, 4.69) is 21.8 Å². The second-order valence-electron chi connectivity index (χ2n) is 6.87. The van der Waals surface area contributed by atoms with Crippen LogP contribution in [0.5, 0.6) is 5.75 Å². The molecule has 1 aliphatic rings. The van der Waals surface area contributed by atoms with Crippen LogP contribution in [0.25, 0.3) is 0 Å². The zero-order chi connectivity index (χ0) is 18.0. The first-order valence-corrected chi connectivity index (χ1v) is 8.63. The molecule has 6 heteroatoms. The minimum Gasteiger partial charge on any atom is -0.496 e. The fraction of sp³-hybridized carbons (Fsp3) is 0.474. The third-order valence-corrected chi connectivity index (χ3v) is 4.98. The van der Waals surface area contributed by atoms with Gasteiger partial charge in [0.15, 0.2) is 0 Å². The van der Waals surface area contributed by atoms with Crippen LogP contribution in [-0.4, -0.2) is 29.5 Å². The SMILES string of the molecule is COc1ccccc1C1(CNC(=O)NC(C)c2cn(C)nc2C)CC1. The number of para-hydroxylation sites is 1. The van der Waals surface area contributed by atoms with Crippen LogP contribution in [0.2, 0.25) is 0 Å². The van der Waals surface area contributed by atoms with Crippen LogP contribution >= 0.6 is 0 Å². The largest absolute Gasteiger partial charge is 0.496 e. The maximum atomic E-state index is 12.3. The van der Waals surface area contributed by atoms with E-state index in [0.29, 0.717) is 6.54 Å². The minimum absolute atomic E-state index is 0.00258. The van der Waals surface area contributed by atoms with Gasteiger partial charge in [0.1, 0.15) is 5.75 Å². The highest BCUT2D eigenvalue weighted by Crippen LogP contribution is 2.50. The summed E-state index contributed by atoms with van der Waals surface area (Å²) < 4.78 is 7.24. The van der Waals surface area contributed by atoms with Gasteiger partial charge in [-0.1, -0.05) is 18.2 Å². The molecule has 0 bridgehead atoms. The maximum absolute atomic E-state index is 12.3. The molecule has 25 heavy (non-hydrogen) atoms. The van der Waals surface area contributed by atoms with Gasteiger partial charge < -0.3 is 15.4 Å². The van der Waals surface area contributed by atoms with Gasteiger partial charge in [0.05, 0.1) is 18.8 Å². The van der Waals surface area contributed by atoms with Crippen molar-refractivity contribution in [2.45, 2.75) is 38.1 Å². The van der Waals surface area contributed by atoms with Crippen LogP contribution in [0.15, 0.2) is 30.5 Å². The van der Waals surface area contributed by atoms with Crippen molar-refractivity contribution in [2.24, 2.45) is 7.05 Å². The van der Waals surface area contributed by atoms with E-state index in [1.807, 2.05) is 45.3 Å². The fourth-order valence-electron chi connectivity index (χ4n) is 3.39. The Bertz CT molecular complexity index is 765. The van der Waals surface area contributed by atoms with Crippen molar-refractivity contribution in [1.82, 2.24) is 20.4 Å². The lowest BCUT2D eigenvalue weighted by atomic mass is 9.95. The average Bonchev–Trinajstić information content (AvgIpc) is 3.31. The van der Waals surface area contributed by atoms with Gasteiger partial charge in [-0.15, -0.1) is 0 Å². The zero-order valence-corrected chi connectivity index (χ0v) is 15.3. The summed E-state index contributed by atoms with van der Waals surface area (Å²) in [5.41, 5.74) is 3.14. The number of methoxy groups -OCH3 is 1. The normalized spacial score (nSPS) is 16.2. The predicted molar refractivity (Wildman–Crippen MR) is 96.8 cm³/mol. The van der Waals surface area contributed by atoms with Gasteiger partial charge >= 0.3 is 6.03 Å². The Morgan fingerprint density at radius 1 is 1.40 bits per heavy atom. The summed E-state index contributed by atoms with van der Waals surface area (Å²) in [7, 11) is 3.57. The van der Waals surface area contributed by atoms with E-state index in [9.17, 15) is 4.79 Å². The summed E-state index contributed by atoms with van der Waals surface area (Å²) in [5.74, 6) is 0.890. The second-order valence-corrected chi connectivity index (χ2v) is 6.87. The number of aromatic nitrogens is 2. The highest BCUT2D eigenvalue weighted by molar-refractivity contribution is 5.74. The van der Waals surface area contributed by atoms with Crippen molar-refractivity contribution in [2.75, 3.05) is 13.7 Å². The van der Waals surface area contributed by atoms with Gasteiger partial charge in [0.2, 0.25) is 0 Å². The molecule has 1 atom stereocenters. The molecule has 0 aliphatic heterocycles. The number of aryl methyl sites for hydroxylation is 2. The van der Waals surface area contributed by atoms with Gasteiger partial charge in [0, 0.05) is 36.3 Å². The van der Waals surface area contributed by atoms with Crippen LogP contribution in [0.3, 0.4) is 0 Å². The van der Waals surface area contributed by atoms with Crippen LogP contribution in [0, 0.1) is 6.92 Å². The summed E-state index contributed by atoms with van der Waals surface area (Å²) >= 11 is 0. The maximum Gasteiger partial charge on any atom is 0.315 e. The monoisotopic (exact) mass is 342 g/mol. The molecule has 3 rings (SSSR count). The number of benzene rings is 1. The first-order chi connectivity index (χ1) is 11.9. The number of hydrogen-bond acceptors (Lipinski definition) is 3. The molecule has 1 aliphatic carbocycles. The Balaban J connectivity index is 1.60. The Kier molecular flexibility index (Phi) is 4.70. The topological polar surface area (TPSA) is 68.2 Å². The second kappa shape index (κ2) is 6.78.